The van der Waals surface area contributed by atoms with Crippen molar-refractivity contribution in [3.05, 3.63) is 77.4 Å². The van der Waals surface area contributed by atoms with Gasteiger partial charge in [0.2, 0.25) is 5.91 Å². The van der Waals surface area contributed by atoms with E-state index in [4.69, 9.17) is 5.84 Å². The number of anilines is 2. The quantitative estimate of drug-likeness (QED) is 0.340. The molecule has 0 fully saturated rings. The average molecular weight is 436 g/mol. The van der Waals surface area contributed by atoms with Crippen molar-refractivity contribution in [1.82, 2.24) is 14.6 Å². The van der Waals surface area contributed by atoms with Crippen LogP contribution in [0.2, 0.25) is 0 Å². The highest BCUT2D eigenvalue weighted by Crippen LogP contribution is 2.32. The molecule has 0 bridgehead atoms. The number of hydrogen-bond donors (Lipinski definition) is 1. The van der Waals surface area contributed by atoms with E-state index in [1.54, 1.807) is 11.8 Å². The Morgan fingerprint density at radius 1 is 1.17 bits per heavy atom. The summed E-state index contributed by atoms with van der Waals surface area (Å²) in [6.07, 6.45) is 1.82. The van der Waals surface area contributed by atoms with Gasteiger partial charge >= 0.3 is 0 Å². The van der Waals surface area contributed by atoms with Crippen molar-refractivity contribution in [3.8, 4) is 11.3 Å². The molecule has 0 radical (unpaired) electrons. The summed E-state index contributed by atoms with van der Waals surface area (Å²) in [7, 11) is 0. The number of carbonyl (C=O) groups excluding carboxylic acids is 1. The van der Waals surface area contributed by atoms with Gasteiger partial charge in [0.1, 0.15) is 0 Å². The highest BCUT2D eigenvalue weighted by atomic mass is 32.2. The summed E-state index contributed by atoms with van der Waals surface area (Å²) in [5, 5.41) is 3.34. The summed E-state index contributed by atoms with van der Waals surface area (Å²) in [5.41, 5.74) is 4.65. The molecule has 152 valence electrons. The first kappa shape index (κ1) is 20.2. The van der Waals surface area contributed by atoms with Gasteiger partial charge in [0.15, 0.2) is 10.3 Å². The normalized spacial score (nSPS) is 10.9. The maximum atomic E-state index is 12.3. The van der Waals surface area contributed by atoms with Gasteiger partial charge in [0.25, 0.3) is 0 Å². The molecule has 0 saturated heterocycles. The third-order valence-corrected chi connectivity index (χ3v) is 6.30. The van der Waals surface area contributed by atoms with Gasteiger partial charge in [0.05, 0.1) is 23.3 Å². The Kier molecular flexibility index (Phi) is 5.87. The fourth-order valence-electron chi connectivity index (χ4n) is 3.03. The molecule has 4 rings (SSSR count). The Morgan fingerprint density at radius 2 is 1.97 bits per heavy atom. The van der Waals surface area contributed by atoms with Crippen LogP contribution in [-0.4, -0.2) is 20.6 Å². The van der Waals surface area contributed by atoms with Crippen molar-refractivity contribution in [1.29, 1.82) is 0 Å². The molecule has 2 heterocycles. The second-order valence-corrected chi connectivity index (χ2v) is 8.56. The summed E-state index contributed by atoms with van der Waals surface area (Å²) in [6.45, 7) is 3.55. The Morgan fingerprint density at radius 3 is 2.70 bits per heavy atom. The van der Waals surface area contributed by atoms with E-state index in [1.165, 1.54) is 27.8 Å². The van der Waals surface area contributed by atoms with Gasteiger partial charge in [-0.15, -0.1) is 11.3 Å². The predicted molar refractivity (Wildman–Crippen MR) is 123 cm³/mol. The first-order valence-electron chi connectivity index (χ1n) is 9.35. The van der Waals surface area contributed by atoms with Crippen LogP contribution in [0, 0.1) is 6.92 Å². The summed E-state index contributed by atoms with van der Waals surface area (Å²) in [5.74, 6) is 6.63. The Balaban J connectivity index is 1.50. The molecule has 0 saturated carbocycles. The van der Waals surface area contributed by atoms with Crippen LogP contribution in [0.1, 0.15) is 18.2 Å². The Bertz CT molecular complexity index is 1170. The van der Waals surface area contributed by atoms with E-state index in [9.17, 15) is 4.79 Å². The van der Waals surface area contributed by atoms with Gasteiger partial charge in [-0.25, -0.2) is 14.6 Å². The van der Waals surface area contributed by atoms with E-state index in [0.29, 0.717) is 16.0 Å². The fraction of sp³-hybridized carbons (Fsp3) is 0.136. The number of benzene rings is 2. The van der Waals surface area contributed by atoms with E-state index in [-0.39, 0.29) is 5.91 Å². The first-order valence-corrected chi connectivity index (χ1v) is 11.2. The Labute approximate surface area is 183 Å². The molecule has 0 unspecified atom stereocenters. The number of nitrogens with two attached hydrogens (primary N) is 1. The van der Waals surface area contributed by atoms with E-state index in [1.807, 2.05) is 73.1 Å². The lowest BCUT2D eigenvalue weighted by atomic mass is 10.2. The third kappa shape index (κ3) is 4.39. The lowest BCUT2D eigenvalue weighted by Crippen LogP contribution is -2.22. The highest BCUT2D eigenvalue weighted by Gasteiger charge is 2.18. The second-order valence-electron chi connectivity index (χ2n) is 6.79. The van der Waals surface area contributed by atoms with Crippen LogP contribution in [0.3, 0.4) is 0 Å². The molecular formula is C22H21N5OS2. The molecule has 0 aliphatic heterocycles. The van der Waals surface area contributed by atoms with Crippen molar-refractivity contribution in [2.45, 2.75) is 24.8 Å². The van der Waals surface area contributed by atoms with E-state index >= 15 is 0 Å². The third-order valence-electron chi connectivity index (χ3n) is 4.42. The molecule has 2 aromatic heterocycles. The molecule has 4 aromatic rings. The Hall–Kier alpha value is -3.10. The first-order chi connectivity index (χ1) is 14.5. The zero-order chi connectivity index (χ0) is 21.1. The van der Waals surface area contributed by atoms with E-state index < -0.39 is 0 Å². The van der Waals surface area contributed by atoms with Crippen molar-refractivity contribution < 1.29 is 4.79 Å². The number of carbonyl (C=O) groups is 1. The largest absolute Gasteiger partial charge is 0.337 e. The standard InChI is InChI=1S/C22H21N5OS2/c1-15-7-6-10-19(11-15)27(16(2)28)22-24-18(14-30-22)13-29-21-25-20(12-26(21)23)17-8-4-3-5-9-17/h3-12,14H,13,23H2,1-2H3. The molecule has 0 aliphatic carbocycles. The lowest BCUT2D eigenvalue weighted by molar-refractivity contribution is -0.115. The number of thiazole rings is 1. The number of hydrogen-bond acceptors (Lipinski definition) is 6. The van der Waals surface area contributed by atoms with E-state index in [2.05, 4.69) is 9.97 Å². The second kappa shape index (κ2) is 8.73. The van der Waals surface area contributed by atoms with Crippen molar-refractivity contribution in [2.75, 3.05) is 10.7 Å². The minimum absolute atomic E-state index is 0.0702. The van der Waals surface area contributed by atoms with Crippen LogP contribution in [0.5, 0.6) is 0 Å². The zero-order valence-corrected chi connectivity index (χ0v) is 18.3. The summed E-state index contributed by atoms with van der Waals surface area (Å²) in [4.78, 5) is 23.2. The molecule has 2 aromatic carbocycles. The molecule has 2 N–H and O–H groups in total. The summed E-state index contributed by atoms with van der Waals surface area (Å²) >= 11 is 2.97. The molecule has 8 heteroatoms. The van der Waals surface area contributed by atoms with Gasteiger partial charge in [-0.3, -0.25) is 9.69 Å². The van der Waals surface area contributed by atoms with Crippen LogP contribution in [0.25, 0.3) is 11.3 Å². The molecule has 0 atom stereocenters. The van der Waals surface area contributed by atoms with Gasteiger partial charge in [0, 0.05) is 23.6 Å². The lowest BCUT2D eigenvalue weighted by Gasteiger charge is -2.18. The smallest absolute Gasteiger partial charge is 0.230 e. The van der Waals surface area contributed by atoms with Gasteiger partial charge in [-0.1, -0.05) is 54.2 Å². The maximum Gasteiger partial charge on any atom is 0.230 e. The monoisotopic (exact) mass is 435 g/mol. The maximum absolute atomic E-state index is 12.3. The summed E-state index contributed by atoms with van der Waals surface area (Å²) in [6, 6.07) is 17.8. The SMILES string of the molecule is CC(=O)N(c1cccc(C)c1)c1nc(CSc2nc(-c3ccccc3)cn2N)cs1. The number of aryl methyl sites for hydroxylation is 1. The van der Waals surface area contributed by atoms with Crippen molar-refractivity contribution >= 4 is 39.8 Å². The minimum atomic E-state index is -0.0702. The number of nitrogens with zero attached hydrogens (tertiary/aromatic N) is 4. The number of amides is 1. The van der Waals surface area contributed by atoms with Gasteiger partial charge in [-0.2, -0.15) is 0 Å². The average Bonchev–Trinajstić information content (AvgIpc) is 3.34. The molecule has 30 heavy (non-hydrogen) atoms. The van der Waals surface area contributed by atoms with Crippen LogP contribution >= 0.6 is 23.1 Å². The molecule has 6 nitrogen and oxygen atoms in total. The molecule has 0 spiro atoms. The van der Waals surface area contributed by atoms with E-state index in [0.717, 1.165) is 28.2 Å². The minimum Gasteiger partial charge on any atom is -0.337 e. The zero-order valence-electron chi connectivity index (χ0n) is 16.6. The van der Waals surface area contributed by atoms with Crippen LogP contribution in [0.15, 0.2) is 71.3 Å². The number of aromatic nitrogens is 3. The van der Waals surface area contributed by atoms with Crippen molar-refractivity contribution in [3.63, 3.8) is 0 Å². The molecular weight excluding hydrogens is 414 g/mol. The molecule has 1 amide bonds. The molecule has 0 aliphatic rings. The van der Waals surface area contributed by atoms with Crippen LogP contribution in [0.4, 0.5) is 10.8 Å². The van der Waals surface area contributed by atoms with Crippen LogP contribution in [-0.2, 0) is 10.5 Å². The highest BCUT2D eigenvalue weighted by molar-refractivity contribution is 7.98. The van der Waals surface area contributed by atoms with Gasteiger partial charge < -0.3 is 5.84 Å². The number of thioether (sulfide) groups is 1. The predicted octanol–water partition coefficient (Wildman–Crippen LogP) is 5.01. The van der Waals surface area contributed by atoms with Crippen molar-refractivity contribution in [2.24, 2.45) is 0 Å². The number of rotatable bonds is 6. The number of nitrogen functional groups attached to an aromatic ring is 1. The summed E-state index contributed by atoms with van der Waals surface area (Å²) < 4.78 is 1.54. The topological polar surface area (TPSA) is 77.0 Å². The van der Waals surface area contributed by atoms with Gasteiger partial charge in [-0.05, 0) is 24.6 Å². The van der Waals surface area contributed by atoms with Crippen LogP contribution < -0.4 is 10.7 Å². The fourth-order valence-corrected chi connectivity index (χ4v) is 4.81. The number of imidazole rings is 1.